The van der Waals surface area contributed by atoms with Crippen LogP contribution in [-0.2, 0) is 18.0 Å². The molecule has 4 aromatic rings. The predicted octanol–water partition coefficient (Wildman–Crippen LogP) is 5.45. The number of benzene rings is 4. The summed E-state index contributed by atoms with van der Waals surface area (Å²) in [5, 5.41) is 2.83. The lowest BCUT2D eigenvalue weighted by Gasteiger charge is -2.21. The van der Waals surface area contributed by atoms with Crippen LogP contribution >= 0.6 is 0 Å². The molecule has 0 saturated heterocycles. The van der Waals surface area contributed by atoms with E-state index in [0.29, 0.717) is 47.4 Å². The van der Waals surface area contributed by atoms with Gasteiger partial charge in [-0.15, -0.1) is 0 Å². The molecule has 7 heteroatoms. The highest BCUT2D eigenvalue weighted by molar-refractivity contribution is 6.18. The number of nitrogens with one attached hydrogen (secondary N) is 1. The number of nitrogens with zero attached hydrogens (tertiary/aromatic N) is 1. The maximum atomic E-state index is 13.6. The Labute approximate surface area is 215 Å². The normalized spacial score (nSPS) is 12.8. The minimum atomic E-state index is -0.346. The third-order valence-corrected chi connectivity index (χ3v) is 5.98. The molecule has 1 aliphatic rings. The number of hydrogen-bond donors (Lipinski definition) is 1. The first-order valence-corrected chi connectivity index (χ1v) is 11.9. The molecule has 0 spiro atoms. The molecule has 5 rings (SSSR count). The fourth-order valence-corrected chi connectivity index (χ4v) is 4.15. The third-order valence-electron chi connectivity index (χ3n) is 5.98. The van der Waals surface area contributed by atoms with Gasteiger partial charge in [-0.25, -0.2) is 0 Å². The highest BCUT2D eigenvalue weighted by atomic mass is 16.5. The van der Waals surface area contributed by atoms with Crippen molar-refractivity contribution in [2.24, 2.45) is 0 Å². The molecule has 0 radical (unpaired) electrons. The molecule has 0 aromatic heterocycles. The van der Waals surface area contributed by atoms with Crippen molar-refractivity contribution in [3.8, 4) is 17.2 Å². The maximum Gasteiger partial charge on any atom is 0.261 e. The number of fused-ring (bicyclic) bond motifs is 1. The van der Waals surface area contributed by atoms with Crippen LogP contribution in [0.2, 0.25) is 0 Å². The van der Waals surface area contributed by atoms with E-state index in [2.05, 4.69) is 5.32 Å². The number of rotatable bonds is 8. The predicted molar refractivity (Wildman–Crippen MR) is 141 cm³/mol. The van der Waals surface area contributed by atoms with Gasteiger partial charge in [-0.05, 0) is 35.4 Å². The average Bonchev–Trinajstić information content (AvgIpc) is 3.07. The molecule has 37 heavy (non-hydrogen) atoms. The van der Waals surface area contributed by atoms with Crippen molar-refractivity contribution >= 4 is 23.2 Å². The monoisotopic (exact) mass is 494 g/mol. The molecule has 0 bridgehead atoms. The zero-order valence-corrected chi connectivity index (χ0v) is 20.3. The number of anilines is 2. The molecule has 0 aliphatic carbocycles. The molecule has 186 valence electrons. The summed E-state index contributed by atoms with van der Waals surface area (Å²) in [5.74, 6) is 0.656. The van der Waals surface area contributed by atoms with Gasteiger partial charge in [0.05, 0.1) is 12.7 Å². The molecular formula is C30H26N2O5. The fraction of sp³-hybridized carbons (Fsp3) is 0.133. The molecule has 2 amide bonds. The van der Waals surface area contributed by atoms with Crippen molar-refractivity contribution < 1.29 is 23.8 Å². The van der Waals surface area contributed by atoms with Gasteiger partial charge in [-0.3, -0.25) is 14.5 Å². The topological polar surface area (TPSA) is 77.1 Å². The van der Waals surface area contributed by atoms with E-state index < -0.39 is 0 Å². The van der Waals surface area contributed by atoms with Gasteiger partial charge in [0.2, 0.25) is 5.91 Å². The molecule has 1 heterocycles. The van der Waals surface area contributed by atoms with Crippen LogP contribution in [0.1, 0.15) is 21.5 Å². The van der Waals surface area contributed by atoms with E-state index >= 15 is 0 Å². The lowest BCUT2D eigenvalue weighted by molar-refractivity contribution is -0.114. The minimum Gasteiger partial charge on any atom is -0.491 e. The minimum absolute atomic E-state index is 0.154. The SMILES string of the molecule is COc1c(OCc2ccccc2)ccc2c1NC(=O)CN(c1cccc(OCc3ccccc3)c1)C2=O. The largest absolute Gasteiger partial charge is 0.491 e. The summed E-state index contributed by atoms with van der Waals surface area (Å²) >= 11 is 0. The Kier molecular flexibility index (Phi) is 7.03. The Morgan fingerprint density at radius 3 is 2.14 bits per heavy atom. The molecule has 0 saturated carbocycles. The Bertz CT molecular complexity index is 1410. The summed E-state index contributed by atoms with van der Waals surface area (Å²) in [6, 6.07) is 30.0. The first-order chi connectivity index (χ1) is 18.1. The van der Waals surface area contributed by atoms with Crippen LogP contribution < -0.4 is 24.4 Å². The number of amides is 2. The molecule has 4 aromatic carbocycles. The van der Waals surface area contributed by atoms with E-state index in [9.17, 15) is 9.59 Å². The van der Waals surface area contributed by atoms with Crippen LogP contribution in [0.4, 0.5) is 11.4 Å². The summed E-state index contributed by atoms with van der Waals surface area (Å²) in [4.78, 5) is 28.0. The Morgan fingerprint density at radius 1 is 0.784 bits per heavy atom. The first-order valence-electron chi connectivity index (χ1n) is 11.9. The average molecular weight is 495 g/mol. The van der Waals surface area contributed by atoms with Crippen molar-refractivity contribution in [1.29, 1.82) is 0 Å². The molecule has 0 fully saturated rings. The summed E-state index contributed by atoms with van der Waals surface area (Å²) < 4.78 is 17.5. The Morgan fingerprint density at radius 2 is 1.46 bits per heavy atom. The van der Waals surface area contributed by atoms with Gasteiger partial charge in [-0.2, -0.15) is 0 Å². The Hall–Kier alpha value is -4.78. The smallest absolute Gasteiger partial charge is 0.261 e. The van der Waals surface area contributed by atoms with Crippen molar-refractivity contribution in [1.82, 2.24) is 0 Å². The quantitative estimate of drug-likeness (QED) is 0.352. The second-order valence-electron chi connectivity index (χ2n) is 8.50. The van der Waals surface area contributed by atoms with Gasteiger partial charge >= 0.3 is 0 Å². The van der Waals surface area contributed by atoms with E-state index in [-0.39, 0.29) is 18.4 Å². The molecular weight excluding hydrogens is 468 g/mol. The van der Waals surface area contributed by atoms with Crippen molar-refractivity contribution in [3.05, 3.63) is 114 Å². The summed E-state index contributed by atoms with van der Waals surface area (Å²) in [6.45, 7) is 0.559. The molecule has 1 N–H and O–H groups in total. The molecule has 0 atom stereocenters. The van der Waals surface area contributed by atoms with E-state index in [4.69, 9.17) is 14.2 Å². The second kappa shape index (κ2) is 10.9. The standard InChI is InChI=1S/C30H26N2O5/c1-35-29-26(37-20-22-11-6-3-7-12-22)16-15-25-28(29)31-27(33)18-32(30(25)34)23-13-8-14-24(17-23)36-19-21-9-4-2-5-10-21/h2-17H,18-20H2,1H3,(H,31,33). The summed E-state index contributed by atoms with van der Waals surface area (Å²) in [5.41, 5.74) is 3.18. The van der Waals surface area contributed by atoms with Crippen LogP contribution in [0.5, 0.6) is 17.2 Å². The zero-order valence-electron chi connectivity index (χ0n) is 20.3. The lowest BCUT2D eigenvalue weighted by Crippen LogP contribution is -2.35. The van der Waals surface area contributed by atoms with E-state index in [1.807, 2.05) is 66.7 Å². The number of hydrogen-bond acceptors (Lipinski definition) is 5. The van der Waals surface area contributed by atoms with E-state index in [1.165, 1.54) is 12.0 Å². The third kappa shape index (κ3) is 5.41. The van der Waals surface area contributed by atoms with Gasteiger partial charge in [0.1, 0.15) is 31.2 Å². The van der Waals surface area contributed by atoms with Crippen LogP contribution in [-0.4, -0.2) is 25.5 Å². The van der Waals surface area contributed by atoms with Crippen LogP contribution in [0.25, 0.3) is 0 Å². The summed E-state index contributed by atoms with van der Waals surface area (Å²) in [6.07, 6.45) is 0. The summed E-state index contributed by atoms with van der Waals surface area (Å²) in [7, 11) is 1.48. The highest BCUT2D eigenvalue weighted by Crippen LogP contribution is 2.40. The second-order valence-corrected chi connectivity index (χ2v) is 8.50. The molecule has 0 unspecified atom stereocenters. The van der Waals surface area contributed by atoms with Gasteiger partial charge in [0.25, 0.3) is 5.91 Å². The van der Waals surface area contributed by atoms with Gasteiger partial charge in [0, 0.05) is 11.8 Å². The van der Waals surface area contributed by atoms with Crippen LogP contribution in [0.15, 0.2) is 97.1 Å². The van der Waals surface area contributed by atoms with E-state index in [0.717, 1.165) is 11.1 Å². The number of methoxy groups -OCH3 is 1. The number of ether oxygens (including phenoxy) is 3. The number of carbonyl (C=O) groups excluding carboxylic acids is 2. The van der Waals surface area contributed by atoms with Crippen molar-refractivity contribution in [3.63, 3.8) is 0 Å². The van der Waals surface area contributed by atoms with Crippen molar-refractivity contribution in [2.75, 3.05) is 23.9 Å². The van der Waals surface area contributed by atoms with Crippen LogP contribution in [0, 0.1) is 0 Å². The molecule has 7 nitrogen and oxygen atoms in total. The van der Waals surface area contributed by atoms with Gasteiger partial charge < -0.3 is 19.5 Å². The first kappa shape index (κ1) is 23.9. The molecule has 1 aliphatic heterocycles. The van der Waals surface area contributed by atoms with E-state index in [1.54, 1.807) is 30.3 Å². The maximum absolute atomic E-state index is 13.6. The Balaban J connectivity index is 1.40. The zero-order chi connectivity index (χ0) is 25.6. The van der Waals surface area contributed by atoms with Crippen molar-refractivity contribution in [2.45, 2.75) is 13.2 Å². The number of carbonyl (C=O) groups is 2. The lowest BCUT2D eigenvalue weighted by atomic mass is 10.1. The van der Waals surface area contributed by atoms with Gasteiger partial charge in [-0.1, -0.05) is 66.7 Å². The fourth-order valence-electron chi connectivity index (χ4n) is 4.15. The highest BCUT2D eigenvalue weighted by Gasteiger charge is 2.31. The van der Waals surface area contributed by atoms with Gasteiger partial charge in [0.15, 0.2) is 11.5 Å². The van der Waals surface area contributed by atoms with Crippen LogP contribution in [0.3, 0.4) is 0 Å².